The lowest BCUT2D eigenvalue weighted by Crippen LogP contribution is -2.38. The first-order chi connectivity index (χ1) is 16.2. The molecule has 3 rings (SSSR count). The smallest absolute Gasteiger partial charge is 0.236 e. The number of nitrogens with zero attached hydrogens (tertiary/aromatic N) is 1. The first-order valence-corrected chi connectivity index (χ1v) is 11.8. The van der Waals surface area contributed by atoms with Gasteiger partial charge in [-0.25, -0.2) is 0 Å². The van der Waals surface area contributed by atoms with Gasteiger partial charge < -0.3 is 24.4 Å². The van der Waals surface area contributed by atoms with E-state index in [4.69, 9.17) is 14.2 Å². The average Bonchev–Trinajstić information content (AvgIpc) is 2.81. The monoisotopic (exact) mass is 468 g/mol. The number of benzene rings is 2. The summed E-state index contributed by atoms with van der Waals surface area (Å²) in [6.45, 7) is 8.89. The fourth-order valence-corrected chi connectivity index (χ4v) is 4.58. The van der Waals surface area contributed by atoms with Crippen molar-refractivity contribution in [3.63, 3.8) is 0 Å². The number of ether oxygens (including phenoxy) is 3. The van der Waals surface area contributed by atoms with Crippen LogP contribution in [0.3, 0.4) is 0 Å². The molecule has 1 aliphatic rings. The molecule has 0 fully saturated rings. The molecule has 0 atom stereocenters. The van der Waals surface area contributed by atoms with Crippen molar-refractivity contribution in [2.24, 2.45) is 0 Å². The van der Waals surface area contributed by atoms with Gasteiger partial charge in [-0.05, 0) is 47.4 Å². The normalized spacial score (nSPS) is 13.0. The fraction of sp³-hybridized carbons (Fsp3) is 0.481. The van der Waals surface area contributed by atoms with Crippen LogP contribution in [0.15, 0.2) is 24.3 Å². The number of amides is 2. The first-order valence-electron chi connectivity index (χ1n) is 11.8. The van der Waals surface area contributed by atoms with E-state index in [1.165, 1.54) is 14.2 Å². The van der Waals surface area contributed by atoms with Crippen LogP contribution < -0.4 is 24.4 Å². The van der Waals surface area contributed by atoms with E-state index in [2.05, 4.69) is 33.0 Å². The Morgan fingerprint density at radius 1 is 0.971 bits per heavy atom. The number of rotatable bonds is 8. The fourth-order valence-electron chi connectivity index (χ4n) is 4.58. The number of nitrogens with one attached hydrogen (secondary N) is 1. The van der Waals surface area contributed by atoms with Gasteiger partial charge in [-0.3, -0.25) is 9.59 Å². The molecule has 0 saturated heterocycles. The third-order valence-corrected chi connectivity index (χ3v) is 6.23. The van der Waals surface area contributed by atoms with Crippen molar-refractivity contribution in [3.8, 4) is 17.2 Å². The second-order valence-electron chi connectivity index (χ2n) is 9.15. The van der Waals surface area contributed by atoms with Crippen LogP contribution in [0.4, 0.5) is 11.4 Å². The Labute approximate surface area is 202 Å². The quantitative estimate of drug-likeness (QED) is 0.534. The predicted molar refractivity (Wildman–Crippen MR) is 135 cm³/mol. The van der Waals surface area contributed by atoms with Crippen LogP contribution in [0.1, 0.15) is 69.1 Å². The number of aryl methyl sites for hydroxylation is 1. The minimum Gasteiger partial charge on any atom is -0.493 e. The Balaban J connectivity index is 1.90. The Morgan fingerprint density at radius 2 is 1.59 bits per heavy atom. The molecule has 0 radical (unpaired) electrons. The maximum absolute atomic E-state index is 13.4. The van der Waals surface area contributed by atoms with Crippen molar-refractivity contribution < 1.29 is 23.8 Å². The summed E-state index contributed by atoms with van der Waals surface area (Å²) in [6, 6.07) is 7.95. The molecule has 0 spiro atoms. The zero-order valence-corrected chi connectivity index (χ0v) is 21.3. The van der Waals surface area contributed by atoms with Crippen LogP contribution in [0, 0.1) is 0 Å². The van der Waals surface area contributed by atoms with Crippen molar-refractivity contribution in [1.29, 1.82) is 0 Å². The summed E-state index contributed by atoms with van der Waals surface area (Å²) in [5.41, 5.74) is 4.52. The number of hydrogen-bond donors (Lipinski definition) is 1. The summed E-state index contributed by atoms with van der Waals surface area (Å²) in [7, 11) is 4.64. The lowest BCUT2D eigenvalue weighted by atomic mass is 9.92. The lowest BCUT2D eigenvalue weighted by Gasteiger charge is -2.32. The largest absolute Gasteiger partial charge is 0.493 e. The number of anilines is 2. The molecule has 34 heavy (non-hydrogen) atoms. The van der Waals surface area contributed by atoms with Gasteiger partial charge in [0, 0.05) is 12.2 Å². The van der Waals surface area contributed by atoms with Crippen molar-refractivity contribution >= 4 is 23.2 Å². The van der Waals surface area contributed by atoms with E-state index in [0.717, 1.165) is 35.2 Å². The van der Waals surface area contributed by atoms with Gasteiger partial charge in [-0.15, -0.1) is 0 Å². The van der Waals surface area contributed by atoms with Gasteiger partial charge in [0.05, 0.1) is 27.0 Å². The maximum Gasteiger partial charge on any atom is 0.236 e. The van der Waals surface area contributed by atoms with E-state index in [9.17, 15) is 9.59 Å². The molecule has 7 nitrogen and oxygen atoms in total. The lowest BCUT2D eigenvalue weighted by molar-refractivity contribution is -0.125. The number of carbonyl (C=O) groups excluding carboxylic acids is 2. The van der Waals surface area contributed by atoms with Gasteiger partial charge in [0.1, 0.15) is 6.42 Å². The van der Waals surface area contributed by atoms with Crippen molar-refractivity contribution in [2.75, 3.05) is 38.1 Å². The third kappa shape index (κ3) is 4.98. The zero-order chi connectivity index (χ0) is 25.0. The van der Waals surface area contributed by atoms with E-state index < -0.39 is 0 Å². The molecule has 1 N–H and O–H groups in total. The number of fused-ring (bicyclic) bond motifs is 1. The van der Waals surface area contributed by atoms with Crippen LogP contribution in [-0.2, 0) is 16.0 Å². The van der Waals surface area contributed by atoms with E-state index >= 15 is 0 Å². The summed E-state index contributed by atoms with van der Waals surface area (Å²) in [6.07, 6.45) is 1.30. The van der Waals surface area contributed by atoms with Crippen LogP contribution in [-0.4, -0.2) is 39.7 Å². The molecule has 2 aromatic carbocycles. The molecular weight excluding hydrogens is 432 g/mol. The van der Waals surface area contributed by atoms with Crippen LogP contribution in [0.25, 0.3) is 0 Å². The highest BCUT2D eigenvalue weighted by molar-refractivity contribution is 6.10. The SMILES string of the molecule is COc1cc2c(c(OC)c1OC)N(C(=O)CC(=O)Nc1c(C(C)C)cccc1C(C)C)CCC2. The standard InChI is InChI=1S/C27H36N2O5/c1-16(2)19-11-8-12-20(17(3)4)24(19)28-22(30)15-23(31)29-13-9-10-18-14-21(32-5)26(33-6)27(34-7)25(18)29/h8,11-12,14,16-17H,9-10,13,15H2,1-7H3,(H,28,30). The Kier molecular flexibility index (Phi) is 8.07. The molecule has 184 valence electrons. The van der Waals surface area contributed by atoms with Gasteiger partial charge in [0.15, 0.2) is 11.5 Å². The first kappa shape index (κ1) is 25.4. The Hall–Kier alpha value is -3.22. The van der Waals surface area contributed by atoms with Crippen molar-refractivity contribution in [1.82, 2.24) is 0 Å². The van der Waals surface area contributed by atoms with Gasteiger partial charge in [0.2, 0.25) is 17.6 Å². The van der Waals surface area contributed by atoms with E-state index in [0.29, 0.717) is 29.5 Å². The molecular formula is C27H36N2O5. The summed E-state index contributed by atoms with van der Waals surface area (Å²) < 4.78 is 16.6. The van der Waals surface area contributed by atoms with E-state index in [1.54, 1.807) is 12.0 Å². The summed E-state index contributed by atoms with van der Waals surface area (Å²) >= 11 is 0. The maximum atomic E-state index is 13.4. The van der Waals surface area contributed by atoms with Crippen LogP contribution in [0.5, 0.6) is 17.2 Å². The van der Waals surface area contributed by atoms with Crippen molar-refractivity contribution in [3.05, 3.63) is 41.0 Å². The molecule has 1 heterocycles. The Morgan fingerprint density at radius 3 is 2.12 bits per heavy atom. The van der Waals surface area contributed by atoms with Gasteiger partial charge >= 0.3 is 0 Å². The minimum atomic E-state index is -0.327. The second kappa shape index (κ2) is 10.8. The average molecular weight is 469 g/mol. The topological polar surface area (TPSA) is 77.1 Å². The van der Waals surface area contributed by atoms with E-state index in [1.807, 2.05) is 24.3 Å². The number of carbonyl (C=O) groups is 2. The molecule has 2 amide bonds. The van der Waals surface area contributed by atoms with Gasteiger partial charge in [0.25, 0.3) is 0 Å². The van der Waals surface area contributed by atoms with Crippen molar-refractivity contribution in [2.45, 2.75) is 58.8 Å². The zero-order valence-electron chi connectivity index (χ0n) is 21.3. The third-order valence-electron chi connectivity index (χ3n) is 6.23. The van der Waals surface area contributed by atoms with Crippen LogP contribution in [0.2, 0.25) is 0 Å². The van der Waals surface area contributed by atoms with Gasteiger partial charge in [-0.2, -0.15) is 0 Å². The molecule has 0 bridgehead atoms. The molecule has 0 aromatic heterocycles. The molecule has 2 aromatic rings. The second-order valence-corrected chi connectivity index (χ2v) is 9.15. The summed E-state index contributed by atoms with van der Waals surface area (Å²) in [5.74, 6) is 1.30. The highest BCUT2D eigenvalue weighted by Crippen LogP contribution is 2.48. The predicted octanol–water partition coefficient (Wildman–Crippen LogP) is 5.27. The van der Waals surface area contributed by atoms with Crippen LogP contribution >= 0.6 is 0 Å². The number of methoxy groups -OCH3 is 3. The molecule has 1 aliphatic heterocycles. The summed E-state index contributed by atoms with van der Waals surface area (Å²) in [4.78, 5) is 28.1. The van der Waals surface area contributed by atoms with Gasteiger partial charge in [-0.1, -0.05) is 45.9 Å². The number of hydrogen-bond acceptors (Lipinski definition) is 5. The minimum absolute atomic E-state index is 0.241. The highest BCUT2D eigenvalue weighted by Gasteiger charge is 2.31. The summed E-state index contributed by atoms with van der Waals surface area (Å²) in [5, 5.41) is 3.04. The number of para-hydroxylation sites is 1. The Bertz CT molecular complexity index is 1040. The highest BCUT2D eigenvalue weighted by atomic mass is 16.5. The van der Waals surface area contributed by atoms with E-state index in [-0.39, 0.29) is 30.1 Å². The molecule has 0 aliphatic carbocycles. The molecule has 0 saturated carbocycles. The molecule has 7 heteroatoms. The molecule has 0 unspecified atom stereocenters.